The maximum absolute atomic E-state index is 14.5. The predicted octanol–water partition coefficient (Wildman–Crippen LogP) is 5.93. The first-order valence-corrected chi connectivity index (χ1v) is 25.8. The molecule has 10 atom stereocenters. The molecule has 4 aromatic carbocycles. The summed E-state index contributed by atoms with van der Waals surface area (Å²) in [5.41, 5.74) is 2.14. The van der Waals surface area contributed by atoms with E-state index in [0.29, 0.717) is 65.5 Å². The number of ether oxygens (including phenoxy) is 12. The molecule has 0 spiro atoms. The lowest BCUT2D eigenvalue weighted by atomic mass is 9.87. The Bertz CT molecular complexity index is 3030. The van der Waals surface area contributed by atoms with Gasteiger partial charge in [-0.2, -0.15) is 13.2 Å². The third-order valence-corrected chi connectivity index (χ3v) is 13.6. The number of carbonyl (C=O) groups excluding carboxylic acids is 9. The van der Waals surface area contributed by atoms with Crippen LogP contribution in [0.3, 0.4) is 0 Å². The van der Waals surface area contributed by atoms with Crippen molar-refractivity contribution in [1.82, 2.24) is 4.90 Å². The van der Waals surface area contributed by atoms with Gasteiger partial charge in [-0.3, -0.25) is 28.8 Å². The van der Waals surface area contributed by atoms with Crippen molar-refractivity contribution in [3.8, 4) is 22.3 Å². The summed E-state index contributed by atoms with van der Waals surface area (Å²) in [6.07, 6.45) is -19.8. The number of hydrogen-bond acceptors (Lipinski definition) is 22. The minimum atomic E-state index is -4.57. The van der Waals surface area contributed by atoms with Gasteiger partial charge >= 0.3 is 59.9 Å². The molecule has 3 fully saturated rings. The minimum Gasteiger partial charge on any atom is -0.467 e. The van der Waals surface area contributed by atoms with Gasteiger partial charge < -0.3 is 61.7 Å². The molecule has 7 rings (SSSR count). The van der Waals surface area contributed by atoms with Crippen LogP contribution in [0.1, 0.15) is 81.8 Å². The summed E-state index contributed by atoms with van der Waals surface area (Å²) >= 11 is 0. The Balaban J connectivity index is 1.13. The molecule has 0 bridgehead atoms. The number of likely N-dealkylation sites (tertiary alicyclic amines) is 1. The zero-order valence-corrected chi connectivity index (χ0v) is 45.8. The third kappa shape index (κ3) is 15.1. The molecule has 0 aromatic heterocycles. The standard InChI is InChI=1S/C57H60F3NO21/c1-28(62)74-44-46(76-30(3)64)50(78-32(5)66)55(80-48(44)53(69)71-7)73-24-23-61-21-19-36(20-22-61)34-9-11-37(12-10-34)43-27-40(26-39-25-38(15-18-42(39)43)35-13-16-41(17-14-35)57(58,59)60)52(68)82-56-51(79-33(6)67)47(77-31(4)65)45(75-29(2)63)49(81-56)54(70)72-8/h9-18,25-27,36,44-51,55-56H,19-24H2,1-8H3. The van der Waals surface area contributed by atoms with Crippen molar-refractivity contribution in [3.05, 3.63) is 95.6 Å². The monoisotopic (exact) mass is 1150 g/mol. The molecule has 22 nitrogen and oxygen atoms in total. The van der Waals surface area contributed by atoms with Crippen molar-refractivity contribution in [2.45, 2.75) is 128 Å². The Morgan fingerprint density at radius 3 is 1.46 bits per heavy atom. The topological polar surface area (TPSA) is 268 Å². The molecule has 3 aliphatic heterocycles. The summed E-state index contributed by atoms with van der Waals surface area (Å²) in [5, 5.41) is 1.07. The second kappa shape index (κ2) is 26.7. The van der Waals surface area contributed by atoms with Crippen LogP contribution in [0.4, 0.5) is 13.2 Å². The van der Waals surface area contributed by atoms with Gasteiger partial charge in [-0.15, -0.1) is 0 Å². The number of carbonyl (C=O) groups is 9. The second-order valence-corrected chi connectivity index (χ2v) is 19.4. The molecule has 3 heterocycles. The molecule has 440 valence electrons. The van der Waals surface area contributed by atoms with Crippen LogP contribution in [0.25, 0.3) is 33.0 Å². The third-order valence-electron chi connectivity index (χ3n) is 13.6. The van der Waals surface area contributed by atoms with Crippen LogP contribution in [0.2, 0.25) is 0 Å². The summed E-state index contributed by atoms with van der Waals surface area (Å²) in [7, 11) is 2.09. The first kappa shape index (κ1) is 61.6. The van der Waals surface area contributed by atoms with Gasteiger partial charge in [0.1, 0.15) is 0 Å². The zero-order valence-electron chi connectivity index (χ0n) is 45.8. The highest BCUT2D eigenvalue weighted by molar-refractivity contribution is 6.04. The van der Waals surface area contributed by atoms with Crippen molar-refractivity contribution in [2.75, 3.05) is 40.5 Å². The predicted molar refractivity (Wildman–Crippen MR) is 274 cm³/mol. The number of fused-ring (bicyclic) bond motifs is 1. The maximum Gasteiger partial charge on any atom is 0.416 e. The van der Waals surface area contributed by atoms with Gasteiger partial charge in [-0.25, -0.2) is 14.4 Å². The zero-order chi connectivity index (χ0) is 59.7. The fourth-order valence-corrected chi connectivity index (χ4v) is 10.0. The number of benzene rings is 4. The van der Waals surface area contributed by atoms with E-state index in [1.165, 1.54) is 24.3 Å². The quantitative estimate of drug-likeness (QED) is 0.0875. The van der Waals surface area contributed by atoms with Crippen LogP contribution >= 0.6 is 0 Å². The lowest BCUT2D eigenvalue weighted by molar-refractivity contribution is -0.301. The van der Waals surface area contributed by atoms with E-state index in [-0.39, 0.29) is 18.1 Å². The lowest BCUT2D eigenvalue weighted by Gasteiger charge is -2.43. The summed E-state index contributed by atoms with van der Waals surface area (Å²) in [5.74, 6) is -8.36. The van der Waals surface area contributed by atoms with Gasteiger partial charge in [0, 0.05) is 48.1 Å². The van der Waals surface area contributed by atoms with E-state index < -0.39 is 127 Å². The second-order valence-electron chi connectivity index (χ2n) is 19.4. The van der Waals surface area contributed by atoms with Gasteiger partial charge in [-0.05, 0) is 101 Å². The molecular formula is C57H60F3NO21. The van der Waals surface area contributed by atoms with E-state index in [0.717, 1.165) is 73.5 Å². The van der Waals surface area contributed by atoms with Gasteiger partial charge in [0.05, 0.1) is 32.0 Å². The number of hydrogen-bond donors (Lipinski definition) is 0. The molecule has 3 saturated heterocycles. The molecule has 4 aromatic rings. The van der Waals surface area contributed by atoms with Crippen LogP contribution in [0.15, 0.2) is 78.9 Å². The van der Waals surface area contributed by atoms with E-state index in [9.17, 15) is 56.3 Å². The van der Waals surface area contributed by atoms with Gasteiger partial charge in [0.25, 0.3) is 0 Å². The molecule has 0 aliphatic carbocycles. The molecule has 10 unspecified atom stereocenters. The Morgan fingerprint density at radius 2 is 0.976 bits per heavy atom. The smallest absolute Gasteiger partial charge is 0.416 e. The van der Waals surface area contributed by atoms with Crippen LogP contribution in [-0.4, -0.2) is 160 Å². The molecule has 0 amide bonds. The van der Waals surface area contributed by atoms with Gasteiger partial charge in [-0.1, -0.05) is 48.5 Å². The van der Waals surface area contributed by atoms with Crippen LogP contribution in [0, 0.1) is 0 Å². The Labute approximate surface area is 467 Å². The SMILES string of the molecule is COC(=O)C1OC(OCCN2CCC(c3ccc(-c4cc(C(=O)OC5OC(C(=O)OC)C(OC(C)=O)C(OC(C)=O)C5OC(C)=O)cc5cc(-c6ccc(C(F)(F)F)cc6)ccc45)cc3)CC2)C(OC(C)=O)C(OC(C)=O)C1OC(C)=O. The van der Waals surface area contributed by atoms with E-state index >= 15 is 0 Å². The Hall–Kier alpha value is -8.00. The molecule has 82 heavy (non-hydrogen) atoms. The molecule has 0 N–H and O–H groups in total. The normalized spacial score (nSPS) is 24.0. The number of piperidine rings is 1. The summed E-state index contributed by atoms with van der Waals surface area (Å²) in [6.45, 7) is 7.91. The maximum atomic E-state index is 14.5. The van der Waals surface area contributed by atoms with Gasteiger partial charge in [0.15, 0.2) is 49.0 Å². The summed E-state index contributed by atoms with van der Waals surface area (Å²) in [6, 6.07) is 20.3. The number of methoxy groups -OCH3 is 2. The Kier molecular flexibility index (Phi) is 20.1. The van der Waals surface area contributed by atoms with Crippen LogP contribution in [0.5, 0.6) is 0 Å². The first-order chi connectivity index (χ1) is 38.8. The molecular weight excluding hydrogens is 1090 g/mol. The molecule has 0 saturated carbocycles. The number of halogens is 3. The highest BCUT2D eigenvalue weighted by Crippen LogP contribution is 2.39. The lowest BCUT2D eigenvalue weighted by Crippen LogP contribution is -2.64. The van der Waals surface area contributed by atoms with E-state index in [2.05, 4.69) is 4.90 Å². The van der Waals surface area contributed by atoms with Crippen molar-refractivity contribution in [1.29, 1.82) is 0 Å². The van der Waals surface area contributed by atoms with Crippen LogP contribution in [-0.2, 0) is 101 Å². The summed E-state index contributed by atoms with van der Waals surface area (Å²) < 4.78 is 106. The van der Waals surface area contributed by atoms with Crippen molar-refractivity contribution < 1.29 is 113 Å². The number of nitrogens with zero attached hydrogens (tertiary/aromatic N) is 1. The van der Waals surface area contributed by atoms with Gasteiger partial charge in [0.2, 0.25) is 12.4 Å². The van der Waals surface area contributed by atoms with Crippen LogP contribution < -0.4 is 0 Å². The molecule has 3 aliphatic rings. The number of esters is 9. The van der Waals surface area contributed by atoms with E-state index in [4.69, 9.17) is 56.8 Å². The minimum absolute atomic E-state index is 0.00686. The van der Waals surface area contributed by atoms with Crippen molar-refractivity contribution >= 4 is 64.5 Å². The van der Waals surface area contributed by atoms with Crippen molar-refractivity contribution in [3.63, 3.8) is 0 Å². The Morgan fingerprint density at radius 1 is 0.524 bits per heavy atom. The molecule has 0 radical (unpaired) electrons. The average molecular weight is 1150 g/mol. The number of rotatable bonds is 17. The fourth-order valence-electron chi connectivity index (χ4n) is 10.0. The fraction of sp³-hybridized carbons (Fsp3) is 0.456. The average Bonchev–Trinajstić information content (AvgIpc) is 3.31. The van der Waals surface area contributed by atoms with E-state index in [1.807, 2.05) is 24.3 Å². The van der Waals surface area contributed by atoms with Crippen molar-refractivity contribution in [2.24, 2.45) is 0 Å². The highest BCUT2D eigenvalue weighted by atomic mass is 19.4. The summed E-state index contributed by atoms with van der Waals surface area (Å²) in [4.78, 5) is 116. The first-order valence-electron chi connectivity index (χ1n) is 25.8. The van der Waals surface area contributed by atoms with E-state index in [1.54, 1.807) is 18.2 Å². The largest absolute Gasteiger partial charge is 0.467 e. The molecule has 25 heteroatoms. The highest BCUT2D eigenvalue weighted by Gasteiger charge is 2.57. The number of alkyl halides is 3.